The maximum atomic E-state index is 9.16. The van der Waals surface area contributed by atoms with Gasteiger partial charge in [0, 0.05) is 20.5 Å². The van der Waals surface area contributed by atoms with E-state index in [9.17, 15) is 0 Å². The normalized spacial score (nSPS) is 17.6. The molecule has 0 aromatic carbocycles. The van der Waals surface area contributed by atoms with E-state index < -0.39 is 0 Å². The number of aliphatic hydroxyl groups is 1. The zero-order valence-corrected chi connectivity index (χ0v) is 9.52. The van der Waals surface area contributed by atoms with Gasteiger partial charge in [-0.3, -0.25) is 0 Å². The molecule has 7 heavy (non-hydrogen) atoms. The molecule has 0 aliphatic carbocycles. The van der Waals surface area contributed by atoms with Crippen molar-refractivity contribution in [3.05, 3.63) is 0 Å². The van der Waals surface area contributed by atoms with E-state index in [2.05, 4.69) is 0 Å². The third kappa shape index (κ3) is 3.02. The van der Waals surface area contributed by atoms with Crippen molar-refractivity contribution in [1.82, 2.24) is 0 Å². The summed E-state index contributed by atoms with van der Waals surface area (Å²) >= 11 is 0. The van der Waals surface area contributed by atoms with Crippen LogP contribution in [0.3, 0.4) is 0 Å². The van der Waals surface area contributed by atoms with Gasteiger partial charge in [0.2, 0.25) is 0 Å². The lowest BCUT2D eigenvalue weighted by Gasteiger charge is -2.21. The topological polar surface area (TPSA) is 20.2 Å². The van der Waals surface area contributed by atoms with Crippen LogP contribution < -0.4 is 0 Å². The standard InChI is InChI=1S/C4H14OSi2/c1-4(2,5)3(6)7/h3,5H,1-2,6-7H3. The van der Waals surface area contributed by atoms with Crippen molar-refractivity contribution in [2.45, 2.75) is 24.6 Å². The smallest absolute Gasteiger partial charge is 0.0557 e. The summed E-state index contributed by atoms with van der Waals surface area (Å²) in [6.45, 7) is 3.77. The fourth-order valence-electron chi connectivity index (χ4n) is 0. The summed E-state index contributed by atoms with van der Waals surface area (Å²) in [6, 6.07) is 0. The van der Waals surface area contributed by atoms with Crippen molar-refractivity contribution in [3.63, 3.8) is 0 Å². The second kappa shape index (κ2) is 2.11. The molecule has 1 N–H and O–H groups in total. The lowest BCUT2D eigenvalue weighted by atomic mass is 10.2. The minimum absolute atomic E-state index is 0.377. The van der Waals surface area contributed by atoms with Crippen molar-refractivity contribution < 1.29 is 5.11 Å². The van der Waals surface area contributed by atoms with Gasteiger partial charge in [0.15, 0.2) is 0 Å². The van der Waals surface area contributed by atoms with Crippen molar-refractivity contribution >= 4 is 20.5 Å². The van der Waals surface area contributed by atoms with Crippen LogP contribution >= 0.6 is 0 Å². The Hall–Kier alpha value is 0.394. The Morgan fingerprint density at radius 1 is 1.43 bits per heavy atom. The Morgan fingerprint density at radius 3 is 1.57 bits per heavy atom. The van der Waals surface area contributed by atoms with Crippen molar-refractivity contribution in [2.24, 2.45) is 0 Å². The fourth-order valence-corrected chi connectivity index (χ4v) is 0. The molecule has 0 saturated carbocycles. The van der Waals surface area contributed by atoms with Crippen LogP contribution in [-0.4, -0.2) is 31.2 Å². The average molecular weight is 134 g/mol. The summed E-state index contributed by atoms with van der Waals surface area (Å²) in [5.41, 5.74) is -0.377. The monoisotopic (exact) mass is 134 g/mol. The van der Waals surface area contributed by atoms with E-state index in [1.807, 2.05) is 13.8 Å². The van der Waals surface area contributed by atoms with E-state index in [1.165, 1.54) is 0 Å². The molecular formula is C4H14OSi2. The Labute approximate surface area is 51.0 Å². The molecule has 1 nitrogen and oxygen atoms in total. The third-order valence-electron chi connectivity index (χ3n) is 1.41. The van der Waals surface area contributed by atoms with Crippen LogP contribution in [-0.2, 0) is 0 Å². The highest BCUT2D eigenvalue weighted by Gasteiger charge is 2.16. The molecule has 0 heterocycles. The molecule has 44 valence electrons. The van der Waals surface area contributed by atoms with E-state index >= 15 is 0 Å². The number of rotatable bonds is 1. The Kier molecular flexibility index (Phi) is 2.23. The van der Waals surface area contributed by atoms with Crippen LogP contribution in [0.15, 0.2) is 0 Å². The first-order chi connectivity index (χ1) is 2.94. The molecule has 0 unspecified atom stereocenters. The van der Waals surface area contributed by atoms with Crippen molar-refractivity contribution in [2.75, 3.05) is 0 Å². The van der Waals surface area contributed by atoms with Gasteiger partial charge in [-0.25, -0.2) is 0 Å². The second-order valence-corrected chi connectivity index (χ2v) is 8.58. The zero-order valence-electron chi connectivity index (χ0n) is 5.52. The van der Waals surface area contributed by atoms with Crippen molar-refractivity contribution in [1.29, 1.82) is 0 Å². The first kappa shape index (κ1) is 7.39. The van der Waals surface area contributed by atoms with Crippen LogP contribution in [0, 0.1) is 0 Å². The van der Waals surface area contributed by atoms with Crippen LogP contribution in [0.25, 0.3) is 0 Å². The lowest BCUT2D eigenvalue weighted by molar-refractivity contribution is 0.0927. The maximum Gasteiger partial charge on any atom is 0.0557 e. The van der Waals surface area contributed by atoms with Gasteiger partial charge in [0.1, 0.15) is 0 Å². The van der Waals surface area contributed by atoms with Gasteiger partial charge in [-0.15, -0.1) is 0 Å². The second-order valence-electron chi connectivity index (χ2n) is 2.81. The molecule has 0 saturated heterocycles. The molecule has 0 rings (SSSR count). The van der Waals surface area contributed by atoms with Gasteiger partial charge in [-0.1, -0.05) is 0 Å². The molecule has 0 bridgehead atoms. The SMILES string of the molecule is CC(C)(O)C([SiH3])[SiH3]. The minimum atomic E-state index is -0.377. The number of hydrogen-bond acceptors (Lipinski definition) is 1. The quantitative estimate of drug-likeness (QED) is 0.421. The highest BCUT2D eigenvalue weighted by molar-refractivity contribution is 6.36. The van der Waals surface area contributed by atoms with Gasteiger partial charge >= 0.3 is 0 Å². The van der Waals surface area contributed by atoms with Gasteiger partial charge in [0.05, 0.1) is 5.60 Å². The molecule has 0 fully saturated rings. The lowest BCUT2D eigenvalue weighted by Crippen LogP contribution is -2.26. The molecule has 3 heteroatoms. The highest BCUT2D eigenvalue weighted by Crippen LogP contribution is 2.13. The molecule has 0 aliphatic rings. The average Bonchev–Trinajstić information content (AvgIpc) is 1.31. The van der Waals surface area contributed by atoms with Gasteiger partial charge in [0.25, 0.3) is 0 Å². The molecule has 0 aromatic rings. The van der Waals surface area contributed by atoms with Crippen LogP contribution in [0.2, 0.25) is 5.16 Å². The third-order valence-corrected chi connectivity index (χ3v) is 4.24. The molecule has 0 aliphatic heterocycles. The first-order valence-electron chi connectivity index (χ1n) is 2.67. The van der Waals surface area contributed by atoms with Crippen LogP contribution in [0.1, 0.15) is 13.8 Å². The Morgan fingerprint density at radius 2 is 1.57 bits per heavy atom. The summed E-state index contributed by atoms with van der Waals surface area (Å²) < 4.78 is 0. The molecule has 0 amide bonds. The van der Waals surface area contributed by atoms with Crippen LogP contribution in [0.5, 0.6) is 0 Å². The predicted octanol–water partition coefficient (Wildman–Crippen LogP) is -1.77. The van der Waals surface area contributed by atoms with E-state index in [-0.39, 0.29) is 5.60 Å². The van der Waals surface area contributed by atoms with Crippen LogP contribution in [0.4, 0.5) is 0 Å². The van der Waals surface area contributed by atoms with E-state index in [0.29, 0.717) is 5.16 Å². The molecule has 0 spiro atoms. The van der Waals surface area contributed by atoms with Gasteiger partial charge in [-0.2, -0.15) is 0 Å². The Balaban J connectivity index is 3.54. The first-order valence-corrected chi connectivity index (χ1v) is 4.98. The molecule has 0 radical (unpaired) electrons. The summed E-state index contributed by atoms with van der Waals surface area (Å²) in [5, 5.41) is 9.80. The number of hydrogen-bond donors (Lipinski definition) is 1. The van der Waals surface area contributed by atoms with E-state index in [4.69, 9.17) is 5.11 Å². The summed E-state index contributed by atoms with van der Waals surface area (Å²) in [5.74, 6) is 0. The highest BCUT2D eigenvalue weighted by atomic mass is 28.2. The molecule has 0 atom stereocenters. The van der Waals surface area contributed by atoms with Crippen molar-refractivity contribution in [3.8, 4) is 0 Å². The summed E-state index contributed by atoms with van der Waals surface area (Å²) in [6.07, 6.45) is 0. The summed E-state index contributed by atoms with van der Waals surface area (Å²) in [4.78, 5) is 0. The minimum Gasteiger partial charge on any atom is -0.391 e. The maximum absolute atomic E-state index is 9.16. The molecule has 0 aromatic heterocycles. The largest absolute Gasteiger partial charge is 0.391 e. The Bertz CT molecular complexity index is 55.2. The zero-order chi connectivity index (χ0) is 6.08. The van der Waals surface area contributed by atoms with Gasteiger partial charge in [-0.05, 0) is 19.0 Å². The van der Waals surface area contributed by atoms with E-state index in [1.54, 1.807) is 0 Å². The van der Waals surface area contributed by atoms with Gasteiger partial charge < -0.3 is 5.11 Å². The fraction of sp³-hybridized carbons (Fsp3) is 1.00. The molecular weight excluding hydrogens is 120 g/mol. The van der Waals surface area contributed by atoms with E-state index in [0.717, 1.165) is 20.5 Å². The summed E-state index contributed by atoms with van der Waals surface area (Å²) in [7, 11) is 2.28. The predicted molar refractivity (Wildman–Crippen MR) is 39.9 cm³/mol.